The van der Waals surface area contributed by atoms with Crippen molar-refractivity contribution in [2.24, 2.45) is 0 Å². The van der Waals surface area contributed by atoms with Gasteiger partial charge in [-0.3, -0.25) is 4.98 Å². The second-order valence-corrected chi connectivity index (χ2v) is 2.65. The smallest absolute Gasteiger partial charge is 0.264 e. The van der Waals surface area contributed by atoms with Gasteiger partial charge in [-0.15, -0.1) is 0 Å². The molecule has 0 amide bonds. The third kappa shape index (κ3) is 2.00. The monoisotopic (exact) mass is 182 g/mol. The quantitative estimate of drug-likeness (QED) is 0.704. The van der Waals surface area contributed by atoms with Crippen LogP contribution in [0.5, 0.6) is 0 Å². The molecule has 0 spiro atoms. The van der Waals surface area contributed by atoms with Crippen molar-refractivity contribution in [3.63, 3.8) is 0 Å². The van der Waals surface area contributed by atoms with Crippen LogP contribution in [0.25, 0.3) is 0 Å². The van der Waals surface area contributed by atoms with Gasteiger partial charge < -0.3 is 0 Å². The normalized spacial score (nSPS) is 10.1. The number of rotatable bonds is 2. The number of hydrogen-bond acceptors (Lipinski definition) is 2. The molecule has 0 aliphatic carbocycles. The molecule has 2 nitrogen and oxygen atoms in total. The lowest BCUT2D eigenvalue weighted by Gasteiger charge is -2.06. The molecule has 0 saturated heterocycles. The minimum absolute atomic E-state index is 0.0900. The minimum Gasteiger partial charge on any atom is -0.264 e. The summed E-state index contributed by atoms with van der Waals surface area (Å²) in [6.45, 7) is 1.58. The van der Waals surface area contributed by atoms with Crippen LogP contribution in [0.15, 0.2) is 12.4 Å². The molecule has 0 bridgehead atoms. The van der Waals surface area contributed by atoms with Crippen LogP contribution in [0.2, 0.25) is 0 Å². The summed E-state index contributed by atoms with van der Waals surface area (Å²) in [5, 5.41) is 8.41. The van der Waals surface area contributed by atoms with Crippen LogP contribution in [-0.4, -0.2) is 4.98 Å². The third-order valence-corrected chi connectivity index (χ3v) is 1.86. The fourth-order valence-corrected chi connectivity index (χ4v) is 1.07. The van der Waals surface area contributed by atoms with Crippen molar-refractivity contribution in [3.05, 3.63) is 29.1 Å². The predicted molar refractivity (Wildman–Crippen MR) is 43.2 cm³/mol. The molecule has 0 aliphatic heterocycles. The van der Waals surface area contributed by atoms with Gasteiger partial charge in [0.05, 0.1) is 12.5 Å². The van der Waals surface area contributed by atoms with E-state index in [2.05, 4.69) is 4.98 Å². The van der Waals surface area contributed by atoms with Crippen LogP contribution in [0.4, 0.5) is 8.78 Å². The van der Waals surface area contributed by atoms with Crippen molar-refractivity contribution >= 4 is 0 Å². The number of alkyl halides is 2. The molecular formula is C9H8F2N2. The highest BCUT2D eigenvalue weighted by atomic mass is 19.3. The van der Waals surface area contributed by atoms with Crippen LogP contribution in [-0.2, 0) is 6.42 Å². The Morgan fingerprint density at radius 2 is 2.23 bits per heavy atom. The van der Waals surface area contributed by atoms with Gasteiger partial charge in [-0.05, 0) is 18.1 Å². The Hall–Kier alpha value is -1.50. The number of halogens is 2. The zero-order valence-corrected chi connectivity index (χ0v) is 7.09. The van der Waals surface area contributed by atoms with Gasteiger partial charge in [0.2, 0.25) is 0 Å². The van der Waals surface area contributed by atoms with E-state index < -0.39 is 6.43 Å². The number of nitriles is 1. The molecule has 0 saturated carbocycles. The summed E-state index contributed by atoms with van der Waals surface area (Å²) < 4.78 is 24.7. The molecule has 68 valence electrons. The van der Waals surface area contributed by atoms with Gasteiger partial charge in [0.1, 0.15) is 0 Å². The van der Waals surface area contributed by atoms with E-state index in [1.165, 1.54) is 6.20 Å². The van der Waals surface area contributed by atoms with E-state index in [1.54, 1.807) is 6.92 Å². The molecule has 0 radical (unpaired) electrons. The maximum absolute atomic E-state index is 12.3. The molecule has 1 rings (SSSR count). The lowest BCUT2D eigenvalue weighted by atomic mass is 10.0. The first-order chi connectivity index (χ1) is 6.16. The molecule has 0 unspecified atom stereocenters. The highest BCUT2D eigenvalue weighted by molar-refractivity contribution is 5.32. The molecule has 1 aromatic rings. The van der Waals surface area contributed by atoms with E-state index in [1.807, 2.05) is 6.07 Å². The SMILES string of the molecule is Cc1c(CC#N)cncc1C(F)F. The van der Waals surface area contributed by atoms with Crippen molar-refractivity contribution < 1.29 is 8.78 Å². The highest BCUT2D eigenvalue weighted by Crippen LogP contribution is 2.23. The Labute approximate surface area is 74.8 Å². The van der Waals surface area contributed by atoms with E-state index in [0.717, 1.165) is 6.20 Å². The van der Waals surface area contributed by atoms with E-state index in [-0.39, 0.29) is 12.0 Å². The van der Waals surface area contributed by atoms with Crippen molar-refractivity contribution in [2.45, 2.75) is 19.8 Å². The van der Waals surface area contributed by atoms with E-state index in [9.17, 15) is 8.78 Å². The van der Waals surface area contributed by atoms with Gasteiger partial charge >= 0.3 is 0 Å². The van der Waals surface area contributed by atoms with Gasteiger partial charge in [-0.2, -0.15) is 5.26 Å². The largest absolute Gasteiger partial charge is 0.265 e. The van der Waals surface area contributed by atoms with Crippen molar-refractivity contribution in [2.75, 3.05) is 0 Å². The summed E-state index contributed by atoms with van der Waals surface area (Å²) >= 11 is 0. The Bertz CT molecular complexity index is 342. The van der Waals surface area contributed by atoms with Gasteiger partial charge in [-0.25, -0.2) is 8.78 Å². The molecule has 0 aliphatic rings. The average molecular weight is 182 g/mol. The molecule has 0 atom stereocenters. The Morgan fingerprint density at radius 1 is 1.54 bits per heavy atom. The molecule has 1 aromatic heterocycles. The molecule has 1 heterocycles. The topological polar surface area (TPSA) is 36.7 Å². The maximum Gasteiger partial charge on any atom is 0.265 e. The van der Waals surface area contributed by atoms with Crippen LogP contribution in [0.3, 0.4) is 0 Å². The Balaban J connectivity index is 3.12. The van der Waals surface area contributed by atoms with Crippen molar-refractivity contribution in [1.82, 2.24) is 4.98 Å². The average Bonchev–Trinajstić information content (AvgIpc) is 2.08. The lowest BCUT2D eigenvalue weighted by Crippen LogP contribution is -1.97. The van der Waals surface area contributed by atoms with Gasteiger partial charge in [-0.1, -0.05) is 0 Å². The first kappa shape index (κ1) is 9.59. The number of pyridine rings is 1. The molecule has 0 N–H and O–H groups in total. The second-order valence-electron chi connectivity index (χ2n) is 2.65. The maximum atomic E-state index is 12.3. The van der Waals surface area contributed by atoms with Crippen molar-refractivity contribution in [3.8, 4) is 6.07 Å². The second kappa shape index (κ2) is 3.94. The third-order valence-electron chi connectivity index (χ3n) is 1.86. The van der Waals surface area contributed by atoms with Gasteiger partial charge in [0, 0.05) is 18.0 Å². The zero-order chi connectivity index (χ0) is 9.84. The van der Waals surface area contributed by atoms with Crippen molar-refractivity contribution in [1.29, 1.82) is 5.26 Å². The molecule has 13 heavy (non-hydrogen) atoms. The first-order valence-corrected chi connectivity index (χ1v) is 3.75. The molecule has 4 heteroatoms. The molecule has 0 aromatic carbocycles. The molecule has 0 fully saturated rings. The summed E-state index contributed by atoms with van der Waals surface area (Å²) in [6.07, 6.45) is 0.191. The van der Waals surface area contributed by atoms with Gasteiger partial charge in [0.15, 0.2) is 0 Å². The summed E-state index contributed by atoms with van der Waals surface area (Å²) in [5.74, 6) is 0. The first-order valence-electron chi connectivity index (χ1n) is 3.75. The highest BCUT2D eigenvalue weighted by Gasteiger charge is 2.12. The van der Waals surface area contributed by atoms with E-state index in [0.29, 0.717) is 11.1 Å². The van der Waals surface area contributed by atoms with E-state index >= 15 is 0 Å². The van der Waals surface area contributed by atoms with Gasteiger partial charge in [0.25, 0.3) is 6.43 Å². The summed E-state index contributed by atoms with van der Waals surface area (Å²) in [4.78, 5) is 3.65. The fraction of sp³-hybridized carbons (Fsp3) is 0.333. The number of hydrogen-bond donors (Lipinski definition) is 0. The van der Waals surface area contributed by atoms with Crippen LogP contribution < -0.4 is 0 Å². The summed E-state index contributed by atoms with van der Waals surface area (Å²) in [5.41, 5.74) is 0.944. The standard InChI is InChI=1S/C9H8F2N2/c1-6-7(2-3-12)4-13-5-8(6)9(10)11/h4-5,9H,2H2,1H3. The fourth-order valence-electron chi connectivity index (χ4n) is 1.07. The number of nitrogens with zero attached hydrogens (tertiary/aromatic N) is 2. The predicted octanol–water partition coefficient (Wildman–Crippen LogP) is 2.39. The van der Waals surface area contributed by atoms with Crippen LogP contribution in [0, 0.1) is 18.3 Å². The minimum atomic E-state index is -2.52. The Kier molecular flexibility index (Phi) is 2.91. The van der Waals surface area contributed by atoms with Crippen LogP contribution >= 0.6 is 0 Å². The van der Waals surface area contributed by atoms with Crippen LogP contribution in [0.1, 0.15) is 23.1 Å². The van der Waals surface area contributed by atoms with E-state index in [4.69, 9.17) is 5.26 Å². The molecular weight excluding hydrogens is 174 g/mol. The Morgan fingerprint density at radius 3 is 2.77 bits per heavy atom. The summed E-state index contributed by atoms with van der Waals surface area (Å²) in [7, 11) is 0. The zero-order valence-electron chi connectivity index (χ0n) is 7.09. The lowest BCUT2D eigenvalue weighted by molar-refractivity contribution is 0.150. The summed E-state index contributed by atoms with van der Waals surface area (Å²) in [6, 6.07) is 1.91. The number of aromatic nitrogens is 1.